The number of phosphoric ester groups is 1. The van der Waals surface area contributed by atoms with Crippen LogP contribution >= 0.6 is 7.82 Å². The van der Waals surface area contributed by atoms with E-state index in [-0.39, 0.29) is 18.9 Å². The molecule has 7 heteroatoms. The van der Waals surface area contributed by atoms with E-state index in [1.165, 1.54) is 19.3 Å². The molecule has 0 saturated heterocycles. The first-order chi connectivity index (χ1) is 10.9. The smallest absolute Gasteiger partial charge is 0.352 e. The molecule has 0 atom stereocenters. The van der Waals surface area contributed by atoms with Gasteiger partial charge in [0.15, 0.2) is 0 Å². The van der Waals surface area contributed by atoms with Crippen LogP contribution < -0.4 is 5.32 Å². The van der Waals surface area contributed by atoms with E-state index in [1.54, 1.807) is 24.3 Å². The van der Waals surface area contributed by atoms with Crippen molar-refractivity contribution in [3.63, 3.8) is 0 Å². The van der Waals surface area contributed by atoms with Crippen LogP contribution in [0.2, 0.25) is 0 Å². The van der Waals surface area contributed by atoms with Gasteiger partial charge in [0, 0.05) is 12.1 Å². The molecule has 0 aliphatic carbocycles. The highest BCUT2D eigenvalue weighted by Gasteiger charge is 2.15. The summed E-state index contributed by atoms with van der Waals surface area (Å²) in [4.78, 5) is 29.6. The highest BCUT2D eigenvalue weighted by atomic mass is 31.2. The first-order valence-corrected chi connectivity index (χ1v) is 9.53. The van der Waals surface area contributed by atoms with Gasteiger partial charge in [-0.25, -0.2) is 4.57 Å². The summed E-state index contributed by atoms with van der Waals surface area (Å²) in [6.07, 6.45) is 5.92. The standard InChI is InChI=1S/C16H26NO5P/c1-2-3-4-5-8-12-17-16(18)15-10-7-6-9-14(15)11-13-22-23(19,20)21/h6-7,9-10H,2-5,8,11-13H2,1H3,(H,17,18)(H2,19,20,21). The minimum Gasteiger partial charge on any atom is -0.352 e. The predicted molar refractivity (Wildman–Crippen MR) is 89.2 cm³/mol. The van der Waals surface area contributed by atoms with Crippen LogP contribution in [0.3, 0.4) is 0 Å². The van der Waals surface area contributed by atoms with E-state index in [2.05, 4.69) is 16.8 Å². The van der Waals surface area contributed by atoms with Crippen LogP contribution in [-0.2, 0) is 15.5 Å². The first-order valence-electron chi connectivity index (χ1n) is 8.00. The van der Waals surface area contributed by atoms with Crippen LogP contribution in [0.4, 0.5) is 0 Å². The Morgan fingerprint density at radius 2 is 1.87 bits per heavy atom. The Labute approximate surface area is 137 Å². The van der Waals surface area contributed by atoms with E-state index in [0.717, 1.165) is 12.8 Å². The molecule has 0 saturated carbocycles. The quantitative estimate of drug-likeness (QED) is 0.424. The second-order valence-electron chi connectivity index (χ2n) is 5.40. The number of carbonyl (C=O) groups is 1. The SMILES string of the molecule is CCCCCCCNC(=O)c1ccccc1CCOP(=O)(O)O. The summed E-state index contributed by atoms with van der Waals surface area (Å²) in [5, 5.41) is 2.89. The molecule has 0 aliphatic rings. The summed E-state index contributed by atoms with van der Waals surface area (Å²) in [7, 11) is -4.47. The molecule has 0 bridgehead atoms. The Kier molecular flexibility index (Phi) is 9.10. The molecule has 1 aromatic rings. The molecule has 3 N–H and O–H groups in total. The minimum atomic E-state index is -4.47. The molecule has 0 spiro atoms. The summed E-state index contributed by atoms with van der Waals surface area (Å²) < 4.78 is 15.1. The lowest BCUT2D eigenvalue weighted by molar-refractivity contribution is 0.0952. The van der Waals surface area contributed by atoms with Gasteiger partial charge in [-0.05, 0) is 24.5 Å². The Morgan fingerprint density at radius 3 is 2.57 bits per heavy atom. The van der Waals surface area contributed by atoms with E-state index in [4.69, 9.17) is 9.79 Å². The number of benzene rings is 1. The largest absolute Gasteiger partial charge is 0.469 e. The minimum absolute atomic E-state index is 0.133. The fourth-order valence-corrected chi connectivity index (χ4v) is 2.59. The molecular weight excluding hydrogens is 317 g/mol. The highest BCUT2D eigenvalue weighted by molar-refractivity contribution is 7.46. The molecule has 130 valence electrons. The van der Waals surface area contributed by atoms with Crippen molar-refractivity contribution < 1.29 is 23.7 Å². The van der Waals surface area contributed by atoms with E-state index in [0.29, 0.717) is 17.7 Å². The maximum absolute atomic E-state index is 12.2. The van der Waals surface area contributed by atoms with Crippen molar-refractivity contribution in [2.24, 2.45) is 0 Å². The average Bonchev–Trinajstić information content (AvgIpc) is 2.50. The summed E-state index contributed by atoms with van der Waals surface area (Å²) in [6, 6.07) is 7.02. The Balaban J connectivity index is 2.45. The summed E-state index contributed by atoms with van der Waals surface area (Å²) in [5.41, 5.74) is 1.24. The normalized spacial score (nSPS) is 11.4. The molecule has 6 nitrogen and oxygen atoms in total. The Hall–Kier alpha value is -1.20. The van der Waals surface area contributed by atoms with Crippen molar-refractivity contribution in [3.05, 3.63) is 35.4 Å². The third-order valence-electron chi connectivity index (χ3n) is 3.46. The van der Waals surface area contributed by atoms with Crippen LogP contribution in [0.25, 0.3) is 0 Å². The molecule has 0 heterocycles. The Morgan fingerprint density at radius 1 is 1.17 bits per heavy atom. The second kappa shape index (κ2) is 10.6. The fraction of sp³-hybridized carbons (Fsp3) is 0.562. The number of phosphoric acid groups is 1. The van der Waals surface area contributed by atoms with Gasteiger partial charge in [-0.15, -0.1) is 0 Å². The highest BCUT2D eigenvalue weighted by Crippen LogP contribution is 2.35. The van der Waals surface area contributed by atoms with Crippen LogP contribution in [0.15, 0.2) is 24.3 Å². The van der Waals surface area contributed by atoms with Gasteiger partial charge in [-0.2, -0.15) is 0 Å². The predicted octanol–water partition coefficient (Wildman–Crippen LogP) is 3.04. The van der Waals surface area contributed by atoms with Crippen molar-refractivity contribution in [2.75, 3.05) is 13.2 Å². The summed E-state index contributed by atoms with van der Waals surface area (Å²) >= 11 is 0. The molecule has 0 aromatic heterocycles. The van der Waals surface area contributed by atoms with Crippen molar-refractivity contribution in [2.45, 2.75) is 45.4 Å². The van der Waals surface area contributed by atoms with Crippen LogP contribution in [0.5, 0.6) is 0 Å². The van der Waals surface area contributed by atoms with Crippen molar-refractivity contribution >= 4 is 13.7 Å². The second-order valence-corrected chi connectivity index (χ2v) is 6.64. The number of amides is 1. The van der Waals surface area contributed by atoms with E-state index in [9.17, 15) is 9.36 Å². The van der Waals surface area contributed by atoms with Crippen molar-refractivity contribution in [3.8, 4) is 0 Å². The molecule has 1 aromatic carbocycles. The summed E-state index contributed by atoms with van der Waals surface area (Å²) in [6.45, 7) is 2.66. The van der Waals surface area contributed by atoms with Crippen LogP contribution in [0.1, 0.15) is 54.9 Å². The number of hydrogen-bond donors (Lipinski definition) is 3. The van der Waals surface area contributed by atoms with Gasteiger partial charge in [0.2, 0.25) is 0 Å². The lowest BCUT2D eigenvalue weighted by atomic mass is 10.0. The maximum atomic E-state index is 12.2. The van der Waals surface area contributed by atoms with Gasteiger partial charge in [-0.1, -0.05) is 50.8 Å². The zero-order chi connectivity index (χ0) is 17.1. The number of nitrogens with one attached hydrogen (secondary N) is 1. The Bertz CT molecular complexity index is 529. The third kappa shape index (κ3) is 8.86. The molecular formula is C16H26NO5P. The number of unbranched alkanes of at least 4 members (excludes halogenated alkanes) is 4. The van der Waals surface area contributed by atoms with E-state index in [1.807, 2.05) is 0 Å². The topological polar surface area (TPSA) is 95.9 Å². The molecule has 0 aliphatic heterocycles. The van der Waals surface area contributed by atoms with Gasteiger partial charge >= 0.3 is 7.82 Å². The van der Waals surface area contributed by atoms with E-state index < -0.39 is 7.82 Å². The first kappa shape index (κ1) is 19.8. The van der Waals surface area contributed by atoms with Gasteiger partial charge in [0.05, 0.1) is 6.61 Å². The number of hydrogen-bond acceptors (Lipinski definition) is 3. The lowest BCUT2D eigenvalue weighted by Gasteiger charge is -2.11. The van der Waals surface area contributed by atoms with Gasteiger partial charge < -0.3 is 15.1 Å². The van der Waals surface area contributed by atoms with Gasteiger partial charge in [0.25, 0.3) is 5.91 Å². The third-order valence-corrected chi connectivity index (χ3v) is 3.98. The van der Waals surface area contributed by atoms with Crippen molar-refractivity contribution in [1.29, 1.82) is 0 Å². The number of carbonyl (C=O) groups excluding carboxylic acids is 1. The van der Waals surface area contributed by atoms with E-state index >= 15 is 0 Å². The maximum Gasteiger partial charge on any atom is 0.469 e. The van der Waals surface area contributed by atoms with Crippen LogP contribution in [0, 0.1) is 0 Å². The monoisotopic (exact) mass is 343 g/mol. The fourth-order valence-electron chi connectivity index (χ4n) is 2.26. The van der Waals surface area contributed by atoms with Crippen LogP contribution in [-0.4, -0.2) is 28.8 Å². The van der Waals surface area contributed by atoms with Crippen molar-refractivity contribution in [1.82, 2.24) is 5.32 Å². The molecule has 0 unspecified atom stereocenters. The average molecular weight is 343 g/mol. The molecule has 0 radical (unpaired) electrons. The number of rotatable bonds is 11. The zero-order valence-corrected chi connectivity index (χ0v) is 14.4. The summed E-state index contributed by atoms with van der Waals surface area (Å²) in [5.74, 6) is -0.160. The zero-order valence-electron chi connectivity index (χ0n) is 13.5. The molecule has 23 heavy (non-hydrogen) atoms. The molecule has 1 rings (SSSR count). The lowest BCUT2D eigenvalue weighted by Crippen LogP contribution is -2.25. The van der Waals surface area contributed by atoms with Gasteiger partial charge in [-0.3, -0.25) is 9.32 Å². The molecule has 1 amide bonds. The van der Waals surface area contributed by atoms with Gasteiger partial charge in [0.1, 0.15) is 0 Å². The molecule has 0 fully saturated rings.